The molecule has 0 fully saturated rings. The van der Waals surface area contributed by atoms with Gasteiger partial charge in [0.2, 0.25) is 5.75 Å². The van der Waals surface area contributed by atoms with Crippen molar-refractivity contribution in [1.82, 2.24) is 4.90 Å². The third-order valence-corrected chi connectivity index (χ3v) is 3.23. The summed E-state index contributed by atoms with van der Waals surface area (Å²) in [5, 5.41) is -0.0243. The summed E-state index contributed by atoms with van der Waals surface area (Å²) in [7, 11) is 8.71. The van der Waals surface area contributed by atoms with E-state index in [1.807, 2.05) is 31.1 Å². The van der Waals surface area contributed by atoms with Gasteiger partial charge in [0.15, 0.2) is 11.5 Å². The van der Waals surface area contributed by atoms with Gasteiger partial charge in [-0.15, -0.1) is 0 Å². The van der Waals surface area contributed by atoms with Crippen LogP contribution in [0.15, 0.2) is 12.1 Å². The maximum atomic E-state index is 5.29. The van der Waals surface area contributed by atoms with E-state index in [1.54, 1.807) is 21.3 Å². The molecule has 1 atom stereocenters. The number of methoxy groups -OCH3 is 3. The van der Waals surface area contributed by atoms with Crippen LogP contribution in [0.5, 0.6) is 17.2 Å². The zero-order valence-electron chi connectivity index (χ0n) is 10.9. The van der Waals surface area contributed by atoms with Crippen LogP contribution in [0.4, 0.5) is 0 Å². The molecule has 0 heterocycles. The number of nitrogens with zero attached hydrogens (tertiary/aromatic N) is 1. The lowest BCUT2D eigenvalue weighted by Crippen LogP contribution is -2.15. The monoisotopic (exact) mass is 257 g/mol. The van der Waals surface area contributed by atoms with Crippen molar-refractivity contribution in [3.63, 3.8) is 0 Å². The van der Waals surface area contributed by atoms with Gasteiger partial charge in [0.25, 0.3) is 0 Å². The van der Waals surface area contributed by atoms with Crippen molar-refractivity contribution in [2.24, 2.45) is 0 Å². The molecular formula is C12H19NO3S. The first-order valence-electron chi connectivity index (χ1n) is 5.19. The van der Waals surface area contributed by atoms with Crippen molar-refractivity contribution in [1.29, 1.82) is 0 Å². The molecule has 0 aromatic heterocycles. The van der Waals surface area contributed by atoms with E-state index in [1.165, 1.54) is 0 Å². The fourth-order valence-corrected chi connectivity index (χ4v) is 1.70. The van der Waals surface area contributed by atoms with Gasteiger partial charge < -0.3 is 14.2 Å². The Morgan fingerprint density at radius 3 is 1.76 bits per heavy atom. The minimum atomic E-state index is -0.0243. The van der Waals surface area contributed by atoms with E-state index in [9.17, 15) is 0 Å². The highest BCUT2D eigenvalue weighted by molar-refractivity contribution is 7.80. The van der Waals surface area contributed by atoms with E-state index in [0.717, 1.165) is 5.56 Å². The second-order valence-electron chi connectivity index (χ2n) is 3.80. The number of hydrogen-bond acceptors (Lipinski definition) is 5. The van der Waals surface area contributed by atoms with Crippen LogP contribution < -0.4 is 14.2 Å². The molecule has 96 valence electrons. The van der Waals surface area contributed by atoms with Gasteiger partial charge in [0.05, 0.1) is 26.7 Å². The first kappa shape index (κ1) is 14.0. The van der Waals surface area contributed by atoms with Crippen molar-refractivity contribution < 1.29 is 14.2 Å². The zero-order chi connectivity index (χ0) is 13.0. The molecule has 1 aromatic rings. The van der Waals surface area contributed by atoms with Crippen LogP contribution in [-0.2, 0) is 0 Å². The molecule has 0 aliphatic carbocycles. The molecule has 0 radical (unpaired) electrons. The van der Waals surface area contributed by atoms with Crippen molar-refractivity contribution in [2.75, 3.05) is 35.4 Å². The smallest absolute Gasteiger partial charge is 0.203 e. The van der Waals surface area contributed by atoms with Crippen molar-refractivity contribution in [2.45, 2.75) is 5.37 Å². The Morgan fingerprint density at radius 1 is 1.00 bits per heavy atom. The van der Waals surface area contributed by atoms with Gasteiger partial charge in [-0.3, -0.25) is 4.90 Å². The molecule has 0 amide bonds. The maximum Gasteiger partial charge on any atom is 0.203 e. The summed E-state index contributed by atoms with van der Waals surface area (Å²) in [5.74, 6) is 1.88. The summed E-state index contributed by atoms with van der Waals surface area (Å²) in [6, 6.07) is 3.80. The summed E-state index contributed by atoms with van der Waals surface area (Å²) in [5.41, 5.74) is 0.993. The lowest BCUT2D eigenvalue weighted by molar-refractivity contribution is 0.321. The Balaban J connectivity index is 3.27. The summed E-state index contributed by atoms with van der Waals surface area (Å²) in [6.45, 7) is 0. The summed E-state index contributed by atoms with van der Waals surface area (Å²) in [4.78, 5) is 1.99. The first-order valence-corrected chi connectivity index (χ1v) is 5.71. The van der Waals surface area contributed by atoms with Crippen molar-refractivity contribution in [3.05, 3.63) is 17.7 Å². The quantitative estimate of drug-likeness (QED) is 0.647. The Kier molecular flexibility index (Phi) is 4.96. The molecule has 0 N–H and O–H groups in total. The minimum Gasteiger partial charge on any atom is -0.493 e. The minimum absolute atomic E-state index is 0.0243. The molecule has 0 saturated heterocycles. The lowest BCUT2D eigenvalue weighted by Gasteiger charge is -2.21. The second-order valence-corrected chi connectivity index (χ2v) is 4.29. The number of thiol groups is 1. The molecule has 17 heavy (non-hydrogen) atoms. The average molecular weight is 257 g/mol. The Labute approximate surface area is 108 Å². The maximum absolute atomic E-state index is 5.29. The SMILES string of the molecule is COc1cc(C(S)N(C)C)cc(OC)c1OC. The molecule has 0 spiro atoms. The Bertz CT molecular complexity index is 357. The van der Waals surface area contributed by atoms with Gasteiger partial charge in [-0.25, -0.2) is 0 Å². The van der Waals surface area contributed by atoms with E-state index in [2.05, 4.69) is 12.6 Å². The van der Waals surface area contributed by atoms with Crippen LogP contribution in [0.2, 0.25) is 0 Å². The second kappa shape index (κ2) is 6.02. The average Bonchev–Trinajstić information content (AvgIpc) is 2.35. The van der Waals surface area contributed by atoms with E-state index in [-0.39, 0.29) is 5.37 Å². The van der Waals surface area contributed by atoms with Gasteiger partial charge >= 0.3 is 0 Å². The molecule has 0 bridgehead atoms. The largest absolute Gasteiger partial charge is 0.493 e. The number of rotatable bonds is 5. The van der Waals surface area contributed by atoms with Crippen molar-refractivity contribution in [3.8, 4) is 17.2 Å². The fourth-order valence-electron chi connectivity index (χ4n) is 1.55. The van der Waals surface area contributed by atoms with Crippen LogP contribution in [-0.4, -0.2) is 40.3 Å². The predicted molar refractivity (Wildman–Crippen MR) is 71.5 cm³/mol. The molecule has 4 nitrogen and oxygen atoms in total. The zero-order valence-corrected chi connectivity index (χ0v) is 11.7. The van der Waals surface area contributed by atoms with Gasteiger partial charge in [0, 0.05) is 0 Å². The van der Waals surface area contributed by atoms with Crippen LogP contribution in [0.3, 0.4) is 0 Å². The molecule has 5 heteroatoms. The molecule has 0 saturated carbocycles. The number of hydrogen-bond donors (Lipinski definition) is 1. The summed E-state index contributed by atoms with van der Waals surface area (Å²) < 4.78 is 15.8. The topological polar surface area (TPSA) is 30.9 Å². The standard InChI is InChI=1S/C12H19NO3S/c1-13(2)12(17)8-6-9(14-3)11(16-5)10(7-8)15-4/h6-7,12,17H,1-5H3. The van der Waals surface area contributed by atoms with Gasteiger partial charge in [-0.1, -0.05) is 0 Å². The number of benzene rings is 1. The van der Waals surface area contributed by atoms with E-state index in [0.29, 0.717) is 17.2 Å². The number of ether oxygens (including phenoxy) is 3. The Hall–Kier alpha value is -1.07. The molecule has 0 aliphatic heterocycles. The molecule has 1 unspecified atom stereocenters. The molecular weight excluding hydrogens is 238 g/mol. The van der Waals surface area contributed by atoms with Crippen LogP contribution >= 0.6 is 12.6 Å². The molecule has 0 aliphatic rings. The van der Waals surface area contributed by atoms with Crippen LogP contribution in [0, 0.1) is 0 Å². The lowest BCUT2D eigenvalue weighted by atomic mass is 10.1. The molecule has 1 rings (SSSR count). The van der Waals surface area contributed by atoms with Gasteiger partial charge in [-0.2, -0.15) is 12.6 Å². The van der Waals surface area contributed by atoms with Crippen LogP contribution in [0.25, 0.3) is 0 Å². The van der Waals surface area contributed by atoms with E-state index >= 15 is 0 Å². The highest BCUT2D eigenvalue weighted by Gasteiger charge is 2.17. The van der Waals surface area contributed by atoms with Gasteiger partial charge in [-0.05, 0) is 31.8 Å². The Morgan fingerprint density at radius 2 is 1.47 bits per heavy atom. The predicted octanol–water partition coefficient (Wildman–Crippen LogP) is 2.20. The first-order chi connectivity index (χ1) is 8.04. The highest BCUT2D eigenvalue weighted by atomic mass is 32.1. The third kappa shape index (κ3) is 2.98. The third-order valence-electron chi connectivity index (χ3n) is 2.47. The molecule has 1 aromatic carbocycles. The summed E-state index contributed by atoms with van der Waals surface area (Å²) >= 11 is 4.52. The van der Waals surface area contributed by atoms with Crippen LogP contribution in [0.1, 0.15) is 10.9 Å². The van der Waals surface area contributed by atoms with E-state index < -0.39 is 0 Å². The normalized spacial score (nSPS) is 12.4. The van der Waals surface area contributed by atoms with Gasteiger partial charge in [0.1, 0.15) is 0 Å². The van der Waals surface area contributed by atoms with Crippen molar-refractivity contribution >= 4 is 12.6 Å². The highest BCUT2D eigenvalue weighted by Crippen LogP contribution is 2.40. The fraction of sp³-hybridized carbons (Fsp3) is 0.500. The summed E-state index contributed by atoms with van der Waals surface area (Å²) in [6.07, 6.45) is 0. The van der Waals surface area contributed by atoms with E-state index in [4.69, 9.17) is 14.2 Å².